The molecule has 0 N–H and O–H groups in total. The van der Waals surface area contributed by atoms with E-state index in [0.717, 1.165) is 0 Å². The van der Waals surface area contributed by atoms with Crippen molar-refractivity contribution < 1.29 is 37.7 Å². The van der Waals surface area contributed by atoms with Gasteiger partial charge >= 0.3 is 37.7 Å². The zero-order chi connectivity index (χ0) is 6.55. The van der Waals surface area contributed by atoms with E-state index < -0.39 is 0 Å². The predicted octanol–water partition coefficient (Wildman–Crippen LogP) is -4.51. The Morgan fingerprint density at radius 2 is 0.833 bits per heavy atom. The van der Waals surface area contributed by atoms with Crippen molar-refractivity contribution in [2.24, 2.45) is 0 Å². The van der Waals surface area contributed by atoms with Gasteiger partial charge in [-0.05, 0) is 0 Å². The fourth-order valence-corrected chi connectivity index (χ4v) is 1.67. The third-order valence-electron chi connectivity index (χ3n) is 2.58. The van der Waals surface area contributed by atoms with Gasteiger partial charge in [0.25, 0.3) is 0 Å². The summed E-state index contributed by atoms with van der Waals surface area (Å²) in [4.78, 5) is 0. The molecule has 0 nitrogen and oxygen atoms in total. The van der Waals surface area contributed by atoms with Crippen molar-refractivity contribution in [2.45, 2.75) is 25.7 Å². The minimum atomic E-state index is 0. The second kappa shape index (κ2) is 3.65. The van der Waals surface area contributed by atoms with Crippen LogP contribution in [0.2, 0.25) is 0 Å². The monoisotopic (exact) mass is 142 g/mol. The van der Waals surface area contributed by atoms with E-state index in [1.807, 2.05) is 0 Å². The molecule has 1 aromatic rings. The molecule has 0 atom stereocenters. The standard InChI is InChI=1S/C10H8.2Li/c1-2-8-6-10-4-3-9(10)5-7(1)8;;/h1-4H2;;/q-2;2*+1. The van der Waals surface area contributed by atoms with Gasteiger partial charge < -0.3 is 12.1 Å². The van der Waals surface area contributed by atoms with Crippen LogP contribution in [0.4, 0.5) is 0 Å². The van der Waals surface area contributed by atoms with Crippen LogP contribution < -0.4 is 37.7 Å². The maximum atomic E-state index is 3.45. The number of hydrogen-bond donors (Lipinski definition) is 0. The predicted molar refractivity (Wildman–Crippen MR) is 38.9 cm³/mol. The number of hydrogen-bond acceptors (Lipinski definition) is 0. The Hall–Kier alpha value is 0.415. The van der Waals surface area contributed by atoms with Gasteiger partial charge in [-0.2, -0.15) is 0 Å². The molecule has 0 fully saturated rings. The van der Waals surface area contributed by atoms with Gasteiger partial charge in [0.2, 0.25) is 0 Å². The first kappa shape index (κ1) is 10.5. The molecule has 12 heavy (non-hydrogen) atoms. The van der Waals surface area contributed by atoms with Crippen LogP contribution in [-0.2, 0) is 25.7 Å². The Bertz CT molecular complexity index is 247. The van der Waals surface area contributed by atoms with E-state index in [-0.39, 0.29) is 37.7 Å². The van der Waals surface area contributed by atoms with Crippen LogP contribution in [0.15, 0.2) is 0 Å². The second-order valence-corrected chi connectivity index (χ2v) is 3.16. The molecule has 0 bridgehead atoms. The summed E-state index contributed by atoms with van der Waals surface area (Å²) in [7, 11) is 0. The molecule has 0 heterocycles. The maximum Gasteiger partial charge on any atom is 1.00 e. The summed E-state index contributed by atoms with van der Waals surface area (Å²) >= 11 is 0. The van der Waals surface area contributed by atoms with Crippen LogP contribution in [0.25, 0.3) is 0 Å². The van der Waals surface area contributed by atoms with Crippen LogP contribution in [0, 0.1) is 12.1 Å². The number of rotatable bonds is 0. The average Bonchev–Trinajstić information content (AvgIpc) is 1.82. The van der Waals surface area contributed by atoms with Crippen LogP contribution in [0.5, 0.6) is 0 Å². The van der Waals surface area contributed by atoms with Crippen molar-refractivity contribution in [1.29, 1.82) is 0 Å². The molecule has 0 aliphatic heterocycles. The van der Waals surface area contributed by atoms with Crippen LogP contribution in [0.1, 0.15) is 22.3 Å². The van der Waals surface area contributed by atoms with Crippen molar-refractivity contribution in [3.05, 3.63) is 34.4 Å². The largest absolute Gasteiger partial charge is 1.00 e. The Morgan fingerprint density at radius 3 is 1.00 bits per heavy atom. The van der Waals surface area contributed by atoms with Crippen LogP contribution in [0.3, 0.4) is 0 Å². The zero-order valence-corrected chi connectivity index (χ0v) is 7.83. The van der Waals surface area contributed by atoms with Gasteiger partial charge in [0.05, 0.1) is 0 Å². The molecule has 2 aliphatic carbocycles. The molecule has 2 heteroatoms. The molecule has 0 saturated carbocycles. The minimum Gasteiger partial charge on any atom is -0.312 e. The van der Waals surface area contributed by atoms with Gasteiger partial charge in [0.15, 0.2) is 0 Å². The topological polar surface area (TPSA) is 0 Å². The van der Waals surface area contributed by atoms with E-state index in [2.05, 4.69) is 12.1 Å². The molecule has 0 radical (unpaired) electrons. The van der Waals surface area contributed by atoms with Crippen LogP contribution >= 0.6 is 0 Å². The summed E-state index contributed by atoms with van der Waals surface area (Å²) in [5.41, 5.74) is 5.77. The zero-order valence-electron chi connectivity index (χ0n) is 7.83. The van der Waals surface area contributed by atoms with E-state index in [1.54, 1.807) is 0 Å². The van der Waals surface area contributed by atoms with Crippen molar-refractivity contribution in [3.8, 4) is 0 Å². The summed E-state index contributed by atoms with van der Waals surface area (Å²) in [6.45, 7) is 0. The fraction of sp³-hybridized carbons (Fsp3) is 0.400. The van der Waals surface area contributed by atoms with E-state index in [0.29, 0.717) is 0 Å². The summed E-state index contributed by atoms with van der Waals surface area (Å²) in [5, 5.41) is 0. The fourth-order valence-electron chi connectivity index (χ4n) is 1.67. The Kier molecular flexibility index (Phi) is 3.19. The Balaban J connectivity index is 0.000000360. The van der Waals surface area contributed by atoms with Crippen molar-refractivity contribution in [2.75, 3.05) is 0 Å². The van der Waals surface area contributed by atoms with Gasteiger partial charge in [-0.25, -0.2) is 0 Å². The van der Waals surface area contributed by atoms with E-state index >= 15 is 0 Å². The van der Waals surface area contributed by atoms with Crippen molar-refractivity contribution in [1.82, 2.24) is 0 Å². The van der Waals surface area contributed by atoms with Crippen molar-refractivity contribution >= 4 is 0 Å². The SMILES string of the molecule is [Li+].[Li+].[c-]1c2c([c-]c3c1CC3)CC2. The molecule has 1 aromatic carbocycles. The average molecular weight is 142 g/mol. The molecule has 0 spiro atoms. The van der Waals surface area contributed by atoms with Gasteiger partial charge in [0.1, 0.15) is 0 Å². The Morgan fingerprint density at radius 1 is 0.583 bits per heavy atom. The molecule has 0 saturated heterocycles. The number of benzene rings is 1. The van der Waals surface area contributed by atoms with E-state index in [9.17, 15) is 0 Å². The molecule has 0 unspecified atom stereocenters. The number of aryl methyl sites for hydroxylation is 4. The van der Waals surface area contributed by atoms with E-state index in [4.69, 9.17) is 0 Å². The first-order valence-electron chi connectivity index (χ1n) is 3.91. The smallest absolute Gasteiger partial charge is 0.312 e. The summed E-state index contributed by atoms with van der Waals surface area (Å²) in [6.07, 6.45) is 5.00. The van der Waals surface area contributed by atoms with Gasteiger partial charge in [-0.1, -0.05) is 0 Å². The molecular formula is C10H8Li2. The summed E-state index contributed by atoms with van der Waals surface area (Å²) in [6, 6.07) is 6.90. The number of fused-ring (bicyclic) bond motifs is 2. The van der Waals surface area contributed by atoms with Crippen LogP contribution in [-0.4, -0.2) is 0 Å². The van der Waals surface area contributed by atoms with Gasteiger partial charge in [-0.15, -0.1) is 25.7 Å². The van der Waals surface area contributed by atoms with Gasteiger partial charge in [-0.3, -0.25) is 22.3 Å². The molecule has 2 aliphatic rings. The first-order valence-corrected chi connectivity index (χ1v) is 3.91. The third kappa shape index (κ3) is 1.32. The van der Waals surface area contributed by atoms with Crippen molar-refractivity contribution in [3.63, 3.8) is 0 Å². The summed E-state index contributed by atoms with van der Waals surface area (Å²) < 4.78 is 0. The molecular weight excluding hydrogens is 134 g/mol. The molecule has 3 rings (SSSR count). The molecule has 50 valence electrons. The Labute approximate surface area is 97.5 Å². The summed E-state index contributed by atoms with van der Waals surface area (Å²) in [5.74, 6) is 0. The van der Waals surface area contributed by atoms with E-state index in [1.165, 1.54) is 47.9 Å². The second-order valence-electron chi connectivity index (χ2n) is 3.16. The quantitative estimate of drug-likeness (QED) is 0.253. The van der Waals surface area contributed by atoms with Gasteiger partial charge in [0, 0.05) is 0 Å². The third-order valence-corrected chi connectivity index (χ3v) is 2.58. The minimum absolute atomic E-state index is 0. The maximum absolute atomic E-state index is 3.45. The molecule has 0 amide bonds. The molecule has 0 aromatic heterocycles. The first-order chi connectivity index (χ1) is 4.93. The normalized spacial score (nSPS) is 15.3.